The van der Waals surface area contributed by atoms with Crippen LogP contribution in [0.5, 0.6) is 0 Å². The minimum absolute atomic E-state index is 0.506. The first kappa shape index (κ1) is 14.2. The highest BCUT2D eigenvalue weighted by atomic mass is 15.4. The van der Waals surface area contributed by atoms with Crippen LogP contribution in [0.25, 0.3) is 0 Å². The van der Waals surface area contributed by atoms with Crippen LogP contribution in [0.15, 0.2) is 4.99 Å². The molecule has 0 amide bonds. The summed E-state index contributed by atoms with van der Waals surface area (Å²) in [5.41, 5.74) is 2.68. The van der Waals surface area contributed by atoms with Gasteiger partial charge in [-0.2, -0.15) is 0 Å². The number of nitrogens with zero attached hydrogens (tertiary/aromatic N) is 2. The molecule has 90 valence electrons. The number of guanidine groups is 1. The Kier molecular flexibility index (Phi) is 7.13. The zero-order valence-corrected chi connectivity index (χ0v) is 10.7. The minimum atomic E-state index is 0.506. The molecule has 0 aromatic heterocycles. The molecule has 0 bridgehead atoms. The Balaban J connectivity index is 4.43. The number of hydrogen-bond donors (Lipinski definition) is 2. The van der Waals surface area contributed by atoms with Gasteiger partial charge in [-0.1, -0.05) is 27.7 Å². The minimum Gasteiger partial charge on any atom is -0.342 e. The Morgan fingerprint density at radius 1 is 1.33 bits per heavy atom. The van der Waals surface area contributed by atoms with Crippen LogP contribution in [0.1, 0.15) is 40.5 Å². The molecule has 4 heteroatoms. The number of nitrogens with one attached hydrogen (secondary N) is 1. The Hall–Kier alpha value is -0.770. The highest BCUT2D eigenvalue weighted by Gasteiger charge is 2.13. The Morgan fingerprint density at radius 2 is 1.87 bits per heavy atom. The second-order valence-electron chi connectivity index (χ2n) is 4.28. The van der Waals surface area contributed by atoms with Crippen molar-refractivity contribution in [2.75, 3.05) is 13.6 Å². The zero-order chi connectivity index (χ0) is 11.8. The molecule has 0 unspecified atom stereocenters. The molecule has 0 aromatic carbocycles. The standard InChI is InChI=1S/C11H26N4/c1-6-10(7-2)15(5)11(14-12)13-8-9(3)4/h9-10H,6-8,12H2,1-5H3,(H,13,14). The summed E-state index contributed by atoms with van der Waals surface area (Å²) < 4.78 is 0. The van der Waals surface area contributed by atoms with E-state index in [1.54, 1.807) is 0 Å². The van der Waals surface area contributed by atoms with Crippen molar-refractivity contribution in [3.05, 3.63) is 0 Å². The van der Waals surface area contributed by atoms with Gasteiger partial charge in [0, 0.05) is 19.6 Å². The largest absolute Gasteiger partial charge is 0.342 e. The Labute approximate surface area is 93.9 Å². The zero-order valence-electron chi connectivity index (χ0n) is 10.7. The van der Waals surface area contributed by atoms with Crippen LogP contribution in [-0.4, -0.2) is 30.5 Å². The van der Waals surface area contributed by atoms with Crippen LogP contribution in [0.2, 0.25) is 0 Å². The van der Waals surface area contributed by atoms with Crippen LogP contribution in [0, 0.1) is 5.92 Å². The lowest BCUT2D eigenvalue weighted by molar-refractivity contribution is 0.334. The van der Waals surface area contributed by atoms with Gasteiger partial charge in [-0.25, -0.2) is 5.84 Å². The maximum atomic E-state index is 5.48. The molecule has 15 heavy (non-hydrogen) atoms. The second kappa shape index (κ2) is 7.51. The molecule has 0 aromatic rings. The van der Waals surface area contributed by atoms with Crippen molar-refractivity contribution in [2.24, 2.45) is 16.8 Å². The first-order valence-electron chi connectivity index (χ1n) is 5.80. The number of hydrazine groups is 1. The highest BCUT2D eigenvalue weighted by molar-refractivity contribution is 5.79. The maximum absolute atomic E-state index is 5.48. The summed E-state index contributed by atoms with van der Waals surface area (Å²) in [7, 11) is 2.04. The molecule has 0 spiro atoms. The SMILES string of the molecule is CCC(CC)N(C)C(=NCC(C)C)NN. The van der Waals surface area contributed by atoms with Crippen molar-refractivity contribution >= 4 is 5.96 Å². The monoisotopic (exact) mass is 214 g/mol. The molecule has 0 aliphatic rings. The summed E-state index contributed by atoms with van der Waals surface area (Å²) >= 11 is 0. The van der Waals surface area contributed by atoms with Gasteiger partial charge < -0.3 is 4.90 Å². The van der Waals surface area contributed by atoms with Gasteiger partial charge in [0.1, 0.15) is 0 Å². The van der Waals surface area contributed by atoms with Crippen LogP contribution in [0.3, 0.4) is 0 Å². The molecule has 0 radical (unpaired) electrons. The summed E-state index contributed by atoms with van der Waals surface area (Å²) in [6, 6.07) is 0.506. The summed E-state index contributed by atoms with van der Waals surface area (Å²) in [5.74, 6) is 6.83. The van der Waals surface area contributed by atoms with E-state index in [0.717, 1.165) is 25.3 Å². The van der Waals surface area contributed by atoms with E-state index in [9.17, 15) is 0 Å². The molecule has 0 saturated carbocycles. The van der Waals surface area contributed by atoms with Crippen molar-refractivity contribution in [3.8, 4) is 0 Å². The van der Waals surface area contributed by atoms with E-state index in [2.05, 4.69) is 43.0 Å². The van der Waals surface area contributed by atoms with Gasteiger partial charge in [0.25, 0.3) is 0 Å². The Bertz CT molecular complexity index is 185. The summed E-state index contributed by atoms with van der Waals surface area (Å²) in [6.45, 7) is 9.47. The van der Waals surface area contributed by atoms with Crippen LogP contribution >= 0.6 is 0 Å². The van der Waals surface area contributed by atoms with E-state index in [0.29, 0.717) is 12.0 Å². The highest BCUT2D eigenvalue weighted by Crippen LogP contribution is 2.06. The molecule has 0 fully saturated rings. The smallest absolute Gasteiger partial charge is 0.208 e. The lowest BCUT2D eigenvalue weighted by atomic mass is 10.1. The normalized spacial score (nSPS) is 12.4. The van der Waals surface area contributed by atoms with Crippen molar-refractivity contribution in [1.82, 2.24) is 10.3 Å². The summed E-state index contributed by atoms with van der Waals surface area (Å²) in [6.07, 6.45) is 2.21. The van der Waals surface area contributed by atoms with Crippen LogP contribution < -0.4 is 11.3 Å². The van der Waals surface area contributed by atoms with Gasteiger partial charge in [-0.05, 0) is 18.8 Å². The number of hydrogen-bond acceptors (Lipinski definition) is 2. The lowest BCUT2D eigenvalue weighted by Crippen LogP contribution is -2.47. The lowest BCUT2D eigenvalue weighted by Gasteiger charge is -2.28. The average molecular weight is 214 g/mol. The third-order valence-corrected chi connectivity index (χ3v) is 2.56. The van der Waals surface area contributed by atoms with E-state index in [-0.39, 0.29) is 0 Å². The van der Waals surface area contributed by atoms with Crippen molar-refractivity contribution < 1.29 is 0 Å². The van der Waals surface area contributed by atoms with Gasteiger partial charge in [0.2, 0.25) is 5.96 Å². The number of aliphatic imine (C=N–C) groups is 1. The van der Waals surface area contributed by atoms with Crippen LogP contribution in [-0.2, 0) is 0 Å². The maximum Gasteiger partial charge on any atom is 0.208 e. The molecular formula is C11H26N4. The van der Waals surface area contributed by atoms with Gasteiger partial charge >= 0.3 is 0 Å². The molecule has 0 heterocycles. The van der Waals surface area contributed by atoms with E-state index in [4.69, 9.17) is 5.84 Å². The molecule has 0 aliphatic heterocycles. The van der Waals surface area contributed by atoms with Gasteiger partial charge in [-0.15, -0.1) is 0 Å². The Morgan fingerprint density at radius 3 is 2.20 bits per heavy atom. The first-order valence-corrected chi connectivity index (χ1v) is 5.80. The van der Waals surface area contributed by atoms with Crippen molar-refractivity contribution in [3.63, 3.8) is 0 Å². The number of nitrogens with two attached hydrogens (primary N) is 1. The molecule has 0 aliphatic carbocycles. The fourth-order valence-electron chi connectivity index (χ4n) is 1.54. The molecule has 3 N–H and O–H groups in total. The third kappa shape index (κ3) is 5.02. The summed E-state index contributed by atoms with van der Waals surface area (Å²) in [5, 5.41) is 0. The van der Waals surface area contributed by atoms with E-state index in [1.807, 2.05) is 7.05 Å². The molecule has 0 atom stereocenters. The predicted octanol–water partition coefficient (Wildman–Crippen LogP) is 1.58. The molecule has 4 nitrogen and oxygen atoms in total. The van der Waals surface area contributed by atoms with Crippen molar-refractivity contribution in [1.29, 1.82) is 0 Å². The predicted molar refractivity (Wildman–Crippen MR) is 66.6 cm³/mol. The third-order valence-electron chi connectivity index (χ3n) is 2.56. The fourth-order valence-corrected chi connectivity index (χ4v) is 1.54. The topological polar surface area (TPSA) is 53.6 Å². The second-order valence-corrected chi connectivity index (χ2v) is 4.28. The van der Waals surface area contributed by atoms with Gasteiger partial charge in [-0.3, -0.25) is 10.4 Å². The van der Waals surface area contributed by atoms with E-state index >= 15 is 0 Å². The quantitative estimate of drug-likeness (QED) is 0.316. The van der Waals surface area contributed by atoms with Crippen LogP contribution in [0.4, 0.5) is 0 Å². The van der Waals surface area contributed by atoms with E-state index in [1.165, 1.54) is 0 Å². The average Bonchev–Trinajstić information content (AvgIpc) is 2.20. The molecule has 0 saturated heterocycles. The first-order chi connectivity index (χ1) is 7.06. The van der Waals surface area contributed by atoms with Gasteiger partial charge in [0.15, 0.2) is 0 Å². The van der Waals surface area contributed by atoms with Crippen molar-refractivity contribution in [2.45, 2.75) is 46.6 Å². The van der Waals surface area contributed by atoms with Gasteiger partial charge in [0.05, 0.1) is 0 Å². The fraction of sp³-hybridized carbons (Fsp3) is 0.909. The molecule has 0 rings (SSSR count). The number of rotatable bonds is 5. The van der Waals surface area contributed by atoms with E-state index < -0.39 is 0 Å². The summed E-state index contributed by atoms with van der Waals surface area (Å²) in [4.78, 5) is 6.59. The molecular weight excluding hydrogens is 188 g/mol.